The molecule has 10 heteroatoms. The Morgan fingerprint density at radius 3 is 2.32 bits per heavy atom. The van der Waals surface area contributed by atoms with Crippen LogP contribution < -0.4 is 16.8 Å². The zero-order chi connectivity index (χ0) is 22.4. The number of aromatic hydroxyl groups is 1. The van der Waals surface area contributed by atoms with Gasteiger partial charge in [-0.05, 0) is 26.1 Å². The van der Waals surface area contributed by atoms with Crippen molar-refractivity contribution >= 4 is 16.9 Å². The number of benzene rings is 1. The lowest BCUT2D eigenvalue weighted by molar-refractivity contribution is 0.397. The van der Waals surface area contributed by atoms with Crippen LogP contribution in [0.25, 0.3) is 16.9 Å². The lowest BCUT2D eigenvalue weighted by Crippen LogP contribution is -2.37. The molecule has 31 heavy (non-hydrogen) atoms. The standard InChI is InChI=1S/C21H24N6O4/c1-23(2)11-10-14-17(28)26(12-13-8-6-5-7-9-13)20-22-16-15(27(20)18(14)29)19(30)25(4)21(31)24(16)3/h5-9,29H,10-12H2,1-4H3. The normalized spacial score (nSPS) is 11.8. The van der Waals surface area contributed by atoms with Crippen LogP contribution in [0.2, 0.25) is 0 Å². The van der Waals surface area contributed by atoms with E-state index in [0.29, 0.717) is 6.54 Å². The molecule has 3 aromatic heterocycles. The minimum Gasteiger partial charge on any atom is -0.494 e. The molecule has 162 valence electrons. The lowest BCUT2D eigenvalue weighted by atomic mass is 10.2. The predicted molar refractivity (Wildman–Crippen MR) is 117 cm³/mol. The van der Waals surface area contributed by atoms with Gasteiger partial charge >= 0.3 is 5.69 Å². The quantitative estimate of drug-likeness (QED) is 0.480. The van der Waals surface area contributed by atoms with E-state index in [4.69, 9.17) is 0 Å². The van der Waals surface area contributed by atoms with Gasteiger partial charge in [-0.15, -0.1) is 0 Å². The fourth-order valence-corrected chi connectivity index (χ4v) is 3.71. The summed E-state index contributed by atoms with van der Waals surface area (Å²) in [5, 5.41) is 11.1. The van der Waals surface area contributed by atoms with Crippen molar-refractivity contribution in [3.63, 3.8) is 0 Å². The Hall–Kier alpha value is -3.66. The second kappa shape index (κ2) is 7.55. The molecule has 10 nitrogen and oxygen atoms in total. The van der Waals surface area contributed by atoms with Crippen molar-refractivity contribution in [2.45, 2.75) is 13.0 Å². The van der Waals surface area contributed by atoms with E-state index in [1.165, 1.54) is 27.6 Å². The van der Waals surface area contributed by atoms with Gasteiger partial charge in [0.1, 0.15) is 0 Å². The third kappa shape index (κ3) is 3.25. The molecule has 4 rings (SSSR count). The van der Waals surface area contributed by atoms with Crippen molar-refractivity contribution in [3.05, 3.63) is 72.7 Å². The first-order valence-corrected chi connectivity index (χ1v) is 9.83. The molecule has 0 aliphatic rings. The summed E-state index contributed by atoms with van der Waals surface area (Å²) in [5.41, 5.74) is -0.307. The summed E-state index contributed by atoms with van der Waals surface area (Å²) in [4.78, 5) is 45.1. The largest absolute Gasteiger partial charge is 0.494 e. The van der Waals surface area contributed by atoms with E-state index in [0.717, 1.165) is 10.1 Å². The number of rotatable bonds is 5. The molecule has 0 atom stereocenters. The van der Waals surface area contributed by atoms with E-state index in [9.17, 15) is 19.5 Å². The topological polar surface area (TPSA) is 107 Å². The number of fused-ring (bicyclic) bond motifs is 3. The van der Waals surface area contributed by atoms with Crippen LogP contribution in [0.5, 0.6) is 5.88 Å². The number of aryl methyl sites for hydroxylation is 1. The van der Waals surface area contributed by atoms with Gasteiger partial charge in [0.05, 0.1) is 12.1 Å². The number of nitrogens with zero attached hydrogens (tertiary/aromatic N) is 6. The molecule has 0 spiro atoms. The lowest BCUT2D eigenvalue weighted by Gasteiger charge is -2.15. The second-order valence-electron chi connectivity index (χ2n) is 7.86. The molecule has 0 amide bonds. The maximum atomic E-state index is 13.4. The van der Waals surface area contributed by atoms with Gasteiger partial charge in [-0.3, -0.25) is 23.3 Å². The second-order valence-corrected chi connectivity index (χ2v) is 7.86. The number of hydrogen-bond donors (Lipinski definition) is 1. The van der Waals surface area contributed by atoms with Gasteiger partial charge in [0.25, 0.3) is 11.1 Å². The Morgan fingerprint density at radius 2 is 1.68 bits per heavy atom. The van der Waals surface area contributed by atoms with Gasteiger partial charge in [-0.1, -0.05) is 30.3 Å². The number of aromatic nitrogens is 5. The zero-order valence-corrected chi connectivity index (χ0v) is 17.9. The molecular weight excluding hydrogens is 400 g/mol. The SMILES string of the molecule is CN(C)CCc1c(O)n2c3c(=O)n(C)c(=O)n(C)c3nc2n(Cc2ccccc2)c1=O. The highest BCUT2D eigenvalue weighted by atomic mass is 16.3. The molecule has 1 N–H and O–H groups in total. The van der Waals surface area contributed by atoms with E-state index >= 15 is 0 Å². The molecule has 3 heterocycles. The third-order valence-corrected chi connectivity index (χ3v) is 5.46. The first-order valence-electron chi connectivity index (χ1n) is 9.83. The fraction of sp³-hybridized carbons (Fsp3) is 0.333. The van der Waals surface area contributed by atoms with E-state index in [-0.39, 0.29) is 46.9 Å². The summed E-state index contributed by atoms with van der Waals surface area (Å²) in [5.74, 6) is -0.224. The maximum Gasteiger partial charge on any atom is 0.332 e. The number of imidazole rings is 1. The van der Waals surface area contributed by atoms with Crippen molar-refractivity contribution in [2.75, 3.05) is 20.6 Å². The Balaban J connectivity index is 2.15. The molecule has 0 fully saturated rings. The summed E-state index contributed by atoms with van der Waals surface area (Å²) in [6.07, 6.45) is 0.286. The van der Waals surface area contributed by atoms with Gasteiger partial charge in [0.15, 0.2) is 11.2 Å². The molecule has 0 bridgehead atoms. The van der Waals surface area contributed by atoms with Gasteiger partial charge in [-0.2, -0.15) is 4.98 Å². The summed E-state index contributed by atoms with van der Waals surface area (Å²) < 4.78 is 4.92. The monoisotopic (exact) mass is 424 g/mol. The number of hydrogen-bond acceptors (Lipinski definition) is 6. The summed E-state index contributed by atoms with van der Waals surface area (Å²) in [7, 11) is 6.61. The zero-order valence-electron chi connectivity index (χ0n) is 17.9. The van der Waals surface area contributed by atoms with Gasteiger partial charge in [0, 0.05) is 20.6 Å². The molecule has 0 saturated heterocycles. The average Bonchev–Trinajstić information content (AvgIpc) is 3.15. The van der Waals surface area contributed by atoms with E-state index in [1.54, 1.807) is 0 Å². The maximum absolute atomic E-state index is 13.4. The molecular formula is C21H24N6O4. The Labute approximate surface area is 176 Å². The molecule has 0 saturated carbocycles. The average molecular weight is 424 g/mol. The highest BCUT2D eigenvalue weighted by Gasteiger charge is 2.24. The molecule has 0 aliphatic carbocycles. The van der Waals surface area contributed by atoms with Crippen molar-refractivity contribution in [3.8, 4) is 5.88 Å². The minimum absolute atomic E-state index is 0.0463. The van der Waals surface area contributed by atoms with E-state index < -0.39 is 11.2 Å². The Morgan fingerprint density at radius 1 is 1.00 bits per heavy atom. The summed E-state index contributed by atoms with van der Waals surface area (Å²) in [6, 6.07) is 9.38. The van der Waals surface area contributed by atoms with Crippen molar-refractivity contribution < 1.29 is 5.11 Å². The third-order valence-electron chi connectivity index (χ3n) is 5.46. The van der Waals surface area contributed by atoms with Crippen molar-refractivity contribution in [1.82, 2.24) is 28.0 Å². The van der Waals surface area contributed by atoms with Crippen LogP contribution in [0.3, 0.4) is 0 Å². The van der Waals surface area contributed by atoms with Crippen molar-refractivity contribution in [2.24, 2.45) is 14.1 Å². The smallest absolute Gasteiger partial charge is 0.332 e. The van der Waals surface area contributed by atoms with Crippen LogP contribution >= 0.6 is 0 Å². The molecule has 0 radical (unpaired) electrons. The number of likely N-dealkylation sites (N-methyl/N-ethyl adjacent to an activating group) is 1. The highest BCUT2D eigenvalue weighted by Crippen LogP contribution is 2.22. The first kappa shape index (κ1) is 20.6. The molecule has 4 aromatic rings. The first-order chi connectivity index (χ1) is 14.7. The minimum atomic E-state index is -0.593. The predicted octanol–water partition coefficient (Wildman–Crippen LogP) is -0.0954. The van der Waals surface area contributed by atoms with Crippen LogP contribution in [0, 0.1) is 0 Å². The van der Waals surface area contributed by atoms with Gasteiger partial charge < -0.3 is 10.0 Å². The molecule has 1 aromatic carbocycles. The van der Waals surface area contributed by atoms with Crippen LogP contribution in [-0.2, 0) is 27.1 Å². The van der Waals surface area contributed by atoms with Crippen molar-refractivity contribution in [1.29, 1.82) is 0 Å². The van der Waals surface area contributed by atoms with Crippen LogP contribution in [-0.4, -0.2) is 53.7 Å². The Bertz CT molecular complexity index is 1470. The van der Waals surface area contributed by atoms with Gasteiger partial charge in [0.2, 0.25) is 11.7 Å². The fourth-order valence-electron chi connectivity index (χ4n) is 3.71. The molecule has 0 unspecified atom stereocenters. The van der Waals surface area contributed by atoms with Crippen LogP contribution in [0.1, 0.15) is 11.1 Å². The van der Waals surface area contributed by atoms with Crippen LogP contribution in [0.15, 0.2) is 44.7 Å². The highest BCUT2D eigenvalue weighted by molar-refractivity contribution is 5.76. The molecule has 0 aliphatic heterocycles. The summed E-state index contributed by atoms with van der Waals surface area (Å²) in [6.45, 7) is 0.735. The van der Waals surface area contributed by atoms with E-state index in [1.807, 2.05) is 49.3 Å². The van der Waals surface area contributed by atoms with Crippen LogP contribution in [0.4, 0.5) is 0 Å². The van der Waals surface area contributed by atoms with Gasteiger partial charge in [-0.25, -0.2) is 9.20 Å². The van der Waals surface area contributed by atoms with E-state index in [2.05, 4.69) is 4.98 Å². The summed E-state index contributed by atoms with van der Waals surface area (Å²) >= 11 is 0. The Kier molecular flexibility index (Phi) is 5.02.